The van der Waals surface area contributed by atoms with Gasteiger partial charge in [0, 0.05) is 13.0 Å². The molecule has 2 unspecified atom stereocenters. The summed E-state index contributed by atoms with van der Waals surface area (Å²) in [5, 5.41) is 12.3. The van der Waals surface area contributed by atoms with Gasteiger partial charge in [0.25, 0.3) is 0 Å². The fourth-order valence-corrected chi connectivity index (χ4v) is 2.06. The third-order valence-electron chi connectivity index (χ3n) is 3.61. The minimum absolute atomic E-state index is 0.0209. The molecule has 2 atom stereocenters. The topological polar surface area (TPSA) is 58.6 Å². The van der Waals surface area contributed by atoms with E-state index in [-0.39, 0.29) is 6.10 Å². The van der Waals surface area contributed by atoms with E-state index in [1.807, 2.05) is 31.2 Å². The third kappa shape index (κ3) is 2.48. The number of hydrogen-bond acceptors (Lipinski definition) is 3. The van der Waals surface area contributed by atoms with Crippen LogP contribution in [0, 0.1) is 0 Å². The normalized spacial score (nSPS) is 20.9. The molecule has 0 bridgehead atoms. The van der Waals surface area contributed by atoms with Gasteiger partial charge in [0.05, 0.1) is 0 Å². The summed E-state index contributed by atoms with van der Waals surface area (Å²) in [4.78, 5) is 11.2. The Bertz CT molecular complexity index is 421. The molecule has 1 aliphatic rings. The standard InChI is InChI=1S/C14H19NO3/c1-3-14(2,13(16)17)15-9-11-8-10-6-4-5-7-12(10)18-11/h4-7,11,15H,3,8-9H2,1-2H3,(H,16,17). The summed E-state index contributed by atoms with van der Waals surface area (Å²) in [5.41, 5.74) is 0.316. The fraction of sp³-hybridized carbons (Fsp3) is 0.500. The molecule has 98 valence electrons. The van der Waals surface area contributed by atoms with E-state index in [2.05, 4.69) is 5.32 Å². The maximum atomic E-state index is 11.2. The number of carbonyl (C=O) groups is 1. The van der Waals surface area contributed by atoms with Gasteiger partial charge in [0.2, 0.25) is 0 Å². The number of carboxylic acid groups (broad SMARTS) is 1. The Morgan fingerprint density at radius 1 is 1.56 bits per heavy atom. The van der Waals surface area contributed by atoms with Gasteiger partial charge < -0.3 is 9.84 Å². The van der Waals surface area contributed by atoms with Crippen LogP contribution < -0.4 is 10.1 Å². The molecule has 0 saturated carbocycles. The lowest BCUT2D eigenvalue weighted by Crippen LogP contribution is -2.51. The summed E-state index contributed by atoms with van der Waals surface area (Å²) in [7, 11) is 0. The van der Waals surface area contributed by atoms with Crippen molar-refractivity contribution >= 4 is 5.97 Å². The summed E-state index contributed by atoms with van der Waals surface area (Å²) < 4.78 is 5.77. The van der Waals surface area contributed by atoms with Gasteiger partial charge in [0.15, 0.2) is 0 Å². The maximum absolute atomic E-state index is 11.2. The van der Waals surface area contributed by atoms with Gasteiger partial charge in [-0.05, 0) is 25.0 Å². The molecule has 4 heteroatoms. The molecule has 1 aromatic carbocycles. The number of carboxylic acids is 1. The number of aliphatic carboxylic acids is 1. The maximum Gasteiger partial charge on any atom is 0.323 e. The van der Waals surface area contributed by atoms with Crippen LogP contribution >= 0.6 is 0 Å². The van der Waals surface area contributed by atoms with Gasteiger partial charge in [-0.1, -0.05) is 25.1 Å². The minimum atomic E-state index is -0.877. The summed E-state index contributed by atoms with van der Waals surface area (Å²) in [6.45, 7) is 4.12. The van der Waals surface area contributed by atoms with E-state index < -0.39 is 11.5 Å². The fourth-order valence-electron chi connectivity index (χ4n) is 2.06. The third-order valence-corrected chi connectivity index (χ3v) is 3.61. The highest BCUT2D eigenvalue weighted by atomic mass is 16.5. The van der Waals surface area contributed by atoms with Crippen molar-refractivity contribution in [3.63, 3.8) is 0 Å². The molecule has 2 N–H and O–H groups in total. The van der Waals surface area contributed by atoms with E-state index in [0.717, 1.165) is 12.2 Å². The molecule has 0 aliphatic carbocycles. The van der Waals surface area contributed by atoms with Gasteiger partial charge in [-0.2, -0.15) is 0 Å². The number of rotatable bonds is 5. The van der Waals surface area contributed by atoms with Crippen molar-refractivity contribution in [3.05, 3.63) is 29.8 Å². The van der Waals surface area contributed by atoms with Crippen molar-refractivity contribution in [2.75, 3.05) is 6.54 Å². The minimum Gasteiger partial charge on any atom is -0.488 e. The first-order chi connectivity index (χ1) is 8.55. The molecular formula is C14H19NO3. The van der Waals surface area contributed by atoms with Crippen molar-refractivity contribution in [2.24, 2.45) is 0 Å². The predicted molar refractivity (Wildman–Crippen MR) is 68.9 cm³/mol. The highest BCUT2D eigenvalue weighted by Gasteiger charge is 2.32. The Hall–Kier alpha value is -1.55. The van der Waals surface area contributed by atoms with Crippen LogP contribution in [0.5, 0.6) is 5.75 Å². The number of nitrogens with one attached hydrogen (secondary N) is 1. The molecule has 0 aromatic heterocycles. The van der Waals surface area contributed by atoms with Crippen LogP contribution in [0.2, 0.25) is 0 Å². The molecule has 18 heavy (non-hydrogen) atoms. The van der Waals surface area contributed by atoms with Crippen LogP contribution in [0.1, 0.15) is 25.8 Å². The SMILES string of the molecule is CCC(C)(NCC1Cc2ccccc2O1)C(=O)O. The van der Waals surface area contributed by atoms with Crippen molar-refractivity contribution in [1.82, 2.24) is 5.32 Å². The smallest absolute Gasteiger partial charge is 0.323 e. The second-order valence-electron chi connectivity index (χ2n) is 4.92. The average molecular weight is 249 g/mol. The van der Waals surface area contributed by atoms with E-state index in [4.69, 9.17) is 4.74 Å². The first kappa shape index (κ1) is 12.9. The summed E-state index contributed by atoms with van der Waals surface area (Å²) >= 11 is 0. The van der Waals surface area contributed by atoms with E-state index in [1.165, 1.54) is 5.56 Å². The van der Waals surface area contributed by atoms with Gasteiger partial charge in [-0.3, -0.25) is 10.1 Å². The number of fused-ring (bicyclic) bond motifs is 1. The largest absolute Gasteiger partial charge is 0.488 e. The molecule has 2 rings (SSSR count). The van der Waals surface area contributed by atoms with E-state index in [1.54, 1.807) is 6.92 Å². The number of benzene rings is 1. The zero-order valence-corrected chi connectivity index (χ0v) is 10.8. The first-order valence-electron chi connectivity index (χ1n) is 6.28. The molecule has 4 nitrogen and oxygen atoms in total. The van der Waals surface area contributed by atoms with Gasteiger partial charge >= 0.3 is 5.97 Å². The van der Waals surface area contributed by atoms with Crippen LogP contribution in [-0.4, -0.2) is 29.3 Å². The molecule has 1 aromatic rings. The summed E-state index contributed by atoms with van der Waals surface area (Å²) in [6.07, 6.45) is 1.40. The van der Waals surface area contributed by atoms with Gasteiger partial charge in [0.1, 0.15) is 17.4 Å². The summed E-state index contributed by atoms with van der Waals surface area (Å²) in [6, 6.07) is 7.94. The number of hydrogen-bond donors (Lipinski definition) is 2. The average Bonchev–Trinajstić information content (AvgIpc) is 2.78. The lowest BCUT2D eigenvalue weighted by atomic mass is 9.98. The second-order valence-corrected chi connectivity index (χ2v) is 4.92. The Labute approximate surface area is 107 Å². The van der Waals surface area contributed by atoms with Crippen molar-refractivity contribution < 1.29 is 14.6 Å². The zero-order valence-electron chi connectivity index (χ0n) is 10.8. The molecule has 1 heterocycles. The zero-order chi connectivity index (χ0) is 13.2. The van der Waals surface area contributed by atoms with Gasteiger partial charge in [-0.25, -0.2) is 0 Å². The highest BCUT2D eigenvalue weighted by Crippen LogP contribution is 2.28. The predicted octanol–water partition coefficient (Wildman–Crippen LogP) is 1.83. The Morgan fingerprint density at radius 3 is 2.89 bits per heavy atom. The lowest BCUT2D eigenvalue weighted by molar-refractivity contribution is -0.144. The van der Waals surface area contributed by atoms with Gasteiger partial charge in [-0.15, -0.1) is 0 Å². The quantitative estimate of drug-likeness (QED) is 0.836. The molecule has 0 spiro atoms. The van der Waals surface area contributed by atoms with Crippen molar-refractivity contribution in [3.8, 4) is 5.75 Å². The molecule has 0 amide bonds. The highest BCUT2D eigenvalue weighted by molar-refractivity contribution is 5.78. The van der Waals surface area contributed by atoms with Crippen LogP contribution in [-0.2, 0) is 11.2 Å². The van der Waals surface area contributed by atoms with Crippen LogP contribution in [0.3, 0.4) is 0 Å². The molecule has 0 radical (unpaired) electrons. The van der Waals surface area contributed by atoms with Crippen LogP contribution in [0.15, 0.2) is 24.3 Å². The van der Waals surface area contributed by atoms with E-state index in [0.29, 0.717) is 13.0 Å². The van der Waals surface area contributed by atoms with E-state index >= 15 is 0 Å². The van der Waals surface area contributed by atoms with Crippen LogP contribution in [0.4, 0.5) is 0 Å². The number of para-hydroxylation sites is 1. The molecular weight excluding hydrogens is 230 g/mol. The number of ether oxygens (including phenoxy) is 1. The molecule has 0 fully saturated rings. The second kappa shape index (κ2) is 4.98. The van der Waals surface area contributed by atoms with Crippen molar-refractivity contribution in [2.45, 2.75) is 38.3 Å². The Kier molecular flexibility index (Phi) is 3.57. The Morgan fingerprint density at radius 2 is 2.28 bits per heavy atom. The van der Waals surface area contributed by atoms with E-state index in [9.17, 15) is 9.90 Å². The van der Waals surface area contributed by atoms with Crippen LogP contribution in [0.25, 0.3) is 0 Å². The Balaban J connectivity index is 1.92. The summed E-state index contributed by atoms with van der Waals surface area (Å²) in [5.74, 6) is 0.0957. The first-order valence-corrected chi connectivity index (χ1v) is 6.28. The lowest BCUT2D eigenvalue weighted by Gasteiger charge is -2.26. The van der Waals surface area contributed by atoms with Crippen molar-refractivity contribution in [1.29, 1.82) is 0 Å². The molecule has 1 aliphatic heterocycles. The monoisotopic (exact) mass is 249 g/mol. The molecule has 0 saturated heterocycles.